The number of hydrogen-bond acceptors (Lipinski definition) is 4. The number of anilines is 1. The predicted molar refractivity (Wildman–Crippen MR) is 109 cm³/mol. The first-order chi connectivity index (χ1) is 14.1. The van der Waals surface area contributed by atoms with Crippen LogP contribution in [0.3, 0.4) is 0 Å². The first-order valence-electron chi connectivity index (χ1n) is 10.3. The quantitative estimate of drug-likeness (QED) is 0.866. The Labute approximate surface area is 169 Å². The summed E-state index contributed by atoms with van der Waals surface area (Å²) in [7, 11) is 2.02. The van der Waals surface area contributed by atoms with Crippen LogP contribution >= 0.6 is 0 Å². The Morgan fingerprint density at radius 3 is 2.97 bits per heavy atom. The molecule has 2 aromatic heterocycles. The molecule has 7 nitrogen and oxygen atoms in total. The monoisotopic (exact) mass is 391 g/mol. The van der Waals surface area contributed by atoms with Gasteiger partial charge in [0.2, 0.25) is 11.8 Å². The molecule has 5 rings (SSSR count). The molecule has 0 spiro atoms. The van der Waals surface area contributed by atoms with Crippen molar-refractivity contribution in [1.82, 2.24) is 19.4 Å². The minimum Gasteiger partial charge on any atom is -0.342 e. The Hall–Kier alpha value is -2.96. The topological polar surface area (TPSA) is 80.1 Å². The molecule has 2 unspecified atom stereocenters. The number of likely N-dealkylation sites (tertiary alicyclic amines) is 1. The van der Waals surface area contributed by atoms with Crippen molar-refractivity contribution >= 4 is 23.2 Å². The van der Waals surface area contributed by atoms with Gasteiger partial charge in [0, 0.05) is 51.6 Å². The van der Waals surface area contributed by atoms with Crippen LogP contribution in [0.25, 0.3) is 5.57 Å². The van der Waals surface area contributed by atoms with Gasteiger partial charge in [0.15, 0.2) is 0 Å². The van der Waals surface area contributed by atoms with E-state index >= 15 is 0 Å². The summed E-state index contributed by atoms with van der Waals surface area (Å²) in [6, 6.07) is 2.08. The maximum absolute atomic E-state index is 12.8. The van der Waals surface area contributed by atoms with Crippen LogP contribution in [0.1, 0.15) is 36.2 Å². The number of nitrogens with one attached hydrogen (secondary N) is 1. The van der Waals surface area contributed by atoms with Crippen LogP contribution in [0, 0.1) is 11.8 Å². The van der Waals surface area contributed by atoms with Crippen LogP contribution in [0.15, 0.2) is 30.7 Å². The molecule has 0 aromatic carbocycles. The number of aryl methyl sites for hydroxylation is 3. The lowest BCUT2D eigenvalue weighted by molar-refractivity contribution is -0.130. The van der Waals surface area contributed by atoms with Gasteiger partial charge in [-0.25, -0.2) is 9.97 Å². The third-order valence-electron chi connectivity index (χ3n) is 6.38. The smallest absolute Gasteiger partial charge is 0.225 e. The molecule has 7 heteroatoms. The maximum atomic E-state index is 12.8. The fourth-order valence-electron chi connectivity index (χ4n) is 4.81. The average Bonchev–Trinajstić information content (AvgIpc) is 3.40. The average molecular weight is 391 g/mol. The summed E-state index contributed by atoms with van der Waals surface area (Å²) < 4.78 is 2.06. The molecule has 29 heavy (non-hydrogen) atoms. The van der Waals surface area contributed by atoms with Crippen molar-refractivity contribution in [3.8, 4) is 0 Å². The van der Waals surface area contributed by atoms with E-state index in [1.54, 1.807) is 6.20 Å². The fraction of sp³-hybridized carbons (Fsp3) is 0.455. The second kappa shape index (κ2) is 7.13. The predicted octanol–water partition coefficient (Wildman–Crippen LogP) is 2.19. The zero-order valence-corrected chi connectivity index (χ0v) is 16.6. The van der Waals surface area contributed by atoms with Gasteiger partial charge in [-0.1, -0.05) is 12.1 Å². The largest absolute Gasteiger partial charge is 0.342 e. The van der Waals surface area contributed by atoms with Gasteiger partial charge in [-0.05, 0) is 47.8 Å². The number of fused-ring (bicyclic) bond motifs is 2. The number of pyridine rings is 1. The first kappa shape index (κ1) is 18.1. The lowest BCUT2D eigenvalue weighted by Gasteiger charge is -2.18. The van der Waals surface area contributed by atoms with Gasteiger partial charge in [-0.2, -0.15) is 0 Å². The number of allylic oxidation sites excluding steroid dienone is 1. The van der Waals surface area contributed by atoms with Crippen molar-refractivity contribution in [3.05, 3.63) is 47.7 Å². The standard InChI is InChI=1S/C22H25N5O2/c1-26-7-6-23-22(26)16-9-17-12-27(13-18(17)10-16)20(29)5-2-14-8-15-3-4-19(28)25-21(15)24-11-14/h6-9,11,17-18H,2-5,10,12-13H2,1H3,(H,24,25,28). The van der Waals surface area contributed by atoms with Gasteiger partial charge in [-0.3, -0.25) is 9.59 Å². The van der Waals surface area contributed by atoms with E-state index in [9.17, 15) is 9.59 Å². The van der Waals surface area contributed by atoms with Gasteiger partial charge >= 0.3 is 0 Å². The minimum atomic E-state index is 0.0210. The van der Waals surface area contributed by atoms with E-state index in [1.807, 2.05) is 24.3 Å². The Balaban J connectivity index is 1.18. The molecular weight excluding hydrogens is 366 g/mol. The molecule has 3 aliphatic rings. The van der Waals surface area contributed by atoms with Crippen LogP contribution in [-0.4, -0.2) is 44.3 Å². The Kier molecular flexibility index (Phi) is 4.45. The van der Waals surface area contributed by atoms with Crippen molar-refractivity contribution < 1.29 is 9.59 Å². The van der Waals surface area contributed by atoms with Gasteiger partial charge in [-0.15, -0.1) is 0 Å². The van der Waals surface area contributed by atoms with E-state index in [1.165, 1.54) is 5.57 Å². The molecule has 1 aliphatic carbocycles. The molecule has 1 fully saturated rings. The molecule has 2 aliphatic heterocycles. The number of hydrogen-bond donors (Lipinski definition) is 1. The molecule has 0 bridgehead atoms. The minimum absolute atomic E-state index is 0.0210. The summed E-state index contributed by atoms with van der Waals surface area (Å²) >= 11 is 0. The number of amides is 2. The summed E-state index contributed by atoms with van der Waals surface area (Å²) in [6.45, 7) is 1.65. The number of rotatable bonds is 4. The highest BCUT2D eigenvalue weighted by atomic mass is 16.2. The molecule has 1 saturated heterocycles. The fourth-order valence-corrected chi connectivity index (χ4v) is 4.81. The van der Waals surface area contributed by atoms with Crippen LogP contribution in [0.4, 0.5) is 5.82 Å². The van der Waals surface area contributed by atoms with Crippen molar-refractivity contribution in [2.45, 2.75) is 32.1 Å². The van der Waals surface area contributed by atoms with Crippen molar-refractivity contribution in [2.75, 3.05) is 18.4 Å². The number of nitrogens with zero attached hydrogens (tertiary/aromatic N) is 4. The van der Waals surface area contributed by atoms with Crippen molar-refractivity contribution in [2.24, 2.45) is 18.9 Å². The van der Waals surface area contributed by atoms with Crippen molar-refractivity contribution in [1.29, 1.82) is 0 Å². The molecule has 150 valence electrons. The second-order valence-corrected chi connectivity index (χ2v) is 8.38. The highest BCUT2D eigenvalue weighted by Gasteiger charge is 2.38. The van der Waals surface area contributed by atoms with Crippen LogP contribution in [0.5, 0.6) is 0 Å². The molecule has 0 radical (unpaired) electrons. The first-order valence-corrected chi connectivity index (χ1v) is 10.3. The maximum Gasteiger partial charge on any atom is 0.225 e. The zero-order chi connectivity index (χ0) is 20.0. The Morgan fingerprint density at radius 2 is 2.17 bits per heavy atom. The van der Waals surface area contributed by atoms with E-state index in [4.69, 9.17) is 0 Å². The van der Waals surface area contributed by atoms with Gasteiger partial charge < -0.3 is 14.8 Å². The summed E-state index contributed by atoms with van der Waals surface area (Å²) in [5, 5.41) is 2.80. The molecule has 1 N–H and O–H groups in total. The zero-order valence-electron chi connectivity index (χ0n) is 16.6. The second-order valence-electron chi connectivity index (χ2n) is 8.38. The van der Waals surface area contributed by atoms with E-state index in [0.29, 0.717) is 36.9 Å². The Bertz CT molecular complexity index is 1010. The van der Waals surface area contributed by atoms with Crippen molar-refractivity contribution in [3.63, 3.8) is 0 Å². The van der Waals surface area contributed by atoms with Gasteiger partial charge in [0.05, 0.1) is 0 Å². The highest BCUT2D eigenvalue weighted by Crippen LogP contribution is 2.40. The van der Waals surface area contributed by atoms with E-state index < -0.39 is 0 Å². The summed E-state index contributed by atoms with van der Waals surface area (Å²) in [6.07, 6.45) is 11.3. The lowest BCUT2D eigenvalue weighted by Crippen LogP contribution is -2.29. The molecule has 2 atom stereocenters. The normalized spacial score (nSPS) is 22.9. The summed E-state index contributed by atoms with van der Waals surface area (Å²) in [4.78, 5) is 35.0. The Morgan fingerprint density at radius 1 is 1.28 bits per heavy atom. The van der Waals surface area contributed by atoms with Gasteiger partial charge in [0.1, 0.15) is 11.6 Å². The summed E-state index contributed by atoms with van der Waals surface area (Å²) in [5.74, 6) is 2.91. The van der Waals surface area contributed by atoms with Crippen LogP contribution < -0.4 is 5.32 Å². The molecule has 4 heterocycles. The van der Waals surface area contributed by atoms with Crippen LogP contribution in [-0.2, 0) is 29.5 Å². The summed E-state index contributed by atoms with van der Waals surface area (Å²) in [5.41, 5.74) is 3.44. The third kappa shape index (κ3) is 3.45. The molecule has 2 amide bonds. The lowest BCUT2D eigenvalue weighted by atomic mass is 10.00. The number of carbonyl (C=O) groups excluding carboxylic acids is 2. The van der Waals surface area contributed by atoms with Gasteiger partial charge in [0.25, 0.3) is 0 Å². The molecular formula is C22H25N5O2. The van der Waals surface area contributed by atoms with E-state index in [2.05, 4.69) is 32.0 Å². The van der Waals surface area contributed by atoms with E-state index in [0.717, 1.165) is 42.9 Å². The number of carbonyl (C=O) groups is 2. The van der Waals surface area contributed by atoms with Crippen LogP contribution in [0.2, 0.25) is 0 Å². The number of imidazole rings is 1. The SMILES string of the molecule is Cn1ccnc1C1=CC2CN(C(=O)CCc3cnc4c(c3)CCC(=O)N4)CC2C1. The third-order valence-corrected chi connectivity index (χ3v) is 6.38. The highest BCUT2D eigenvalue weighted by molar-refractivity contribution is 5.92. The number of aromatic nitrogens is 3. The van der Waals surface area contributed by atoms with E-state index in [-0.39, 0.29) is 11.8 Å². The molecule has 2 aromatic rings. The molecule has 0 saturated carbocycles.